The molecule has 0 aliphatic rings. The summed E-state index contributed by atoms with van der Waals surface area (Å²) < 4.78 is 10.8. The van der Waals surface area contributed by atoms with E-state index in [0.717, 1.165) is 0 Å². The number of nitrogens with zero attached hydrogens (tertiary/aromatic N) is 1. The maximum absolute atomic E-state index is 12.1. The van der Waals surface area contributed by atoms with Gasteiger partial charge in [-0.1, -0.05) is 12.1 Å². The predicted octanol–water partition coefficient (Wildman–Crippen LogP) is 1.89. The van der Waals surface area contributed by atoms with Crippen molar-refractivity contribution in [3.8, 4) is 17.2 Å². The summed E-state index contributed by atoms with van der Waals surface area (Å²) in [6.45, 7) is -0.245. The van der Waals surface area contributed by atoms with Gasteiger partial charge >= 0.3 is 0 Å². The van der Waals surface area contributed by atoms with Gasteiger partial charge < -0.3 is 19.9 Å². The fourth-order valence-electron chi connectivity index (χ4n) is 2.13. The third-order valence-electron chi connectivity index (χ3n) is 3.43. The van der Waals surface area contributed by atoms with Gasteiger partial charge in [-0.25, -0.2) is 5.43 Å². The van der Waals surface area contributed by atoms with Crippen molar-refractivity contribution >= 4 is 40.6 Å². The summed E-state index contributed by atoms with van der Waals surface area (Å²) in [5.74, 6) is -0.152. The first kappa shape index (κ1) is 20.5. The number of nitrogens with one attached hydrogen (secondary N) is 2. The molecule has 0 atom stereocenters. The van der Waals surface area contributed by atoms with Gasteiger partial charge in [0.05, 0.1) is 36.1 Å². The van der Waals surface area contributed by atoms with Crippen molar-refractivity contribution in [1.29, 1.82) is 0 Å². The van der Waals surface area contributed by atoms with Crippen molar-refractivity contribution in [2.45, 2.75) is 0 Å². The molecule has 9 heteroatoms. The van der Waals surface area contributed by atoms with E-state index in [0.29, 0.717) is 26.2 Å². The molecule has 2 aromatic carbocycles. The van der Waals surface area contributed by atoms with E-state index < -0.39 is 11.8 Å². The second kappa shape index (κ2) is 9.76. The number of hydrazone groups is 1. The van der Waals surface area contributed by atoms with Crippen LogP contribution in [0.4, 0.5) is 0 Å². The van der Waals surface area contributed by atoms with Gasteiger partial charge in [0.2, 0.25) is 0 Å². The summed E-state index contributed by atoms with van der Waals surface area (Å²) in [5, 5.41) is 16.1. The lowest BCUT2D eigenvalue weighted by Gasteiger charge is -2.08. The van der Waals surface area contributed by atoms with E-state index >= 15 is 0 Å². The number of halogens is 1. The first-order valence-corrected chi connectivity index (χ1v) is 8.83. The molecule has 0 aliphatic carbocycles. The Morgan fingerprint density at radius 2 is 1.89 bits per heavy atom. The van der Waals surface area contributed by atoms with Crippen LogP contribution in [-0.2, 0) is 4.79 Å². The minimum atomic E-state index is -0.491. The first-order valence-electron chi connectivity index (χ1n) is 7.76. The number of hydrogen-bond acceptors (Lipinski definition) is 6. The standard InChI is InChI=1S/C18H18IN3O5/c1-26-14-6-4-3-5-12(14)18(25)20-10-16(23)22-21-9-11-7-13(19)17(24)15(8-11)27-2/h3-9,24H,10H2,1-2H3,(H,20,25)(H,22,23). The van der Waals surface area contributed by atoms with Crippen LogP contribution in [-0.4, -0.2) is 43.9 Å². The molecule has 0 saturated carbocycles. The summed E-state index contributed by atoms with van der Waals surface area (Å²) in [6.07, 6.45) is 1.41. The Morgan fingerprint density at radius 3 is 2.59 bits per heavy atom. The highest BCUT2D eigenvalue weighted by Crippen LogP contribution is 2.31. The molecule has 0 aliphatic heterocycles. The minimum Gasteiger partial charge on any atom is -0.504 e. The van der Waals surface area contributed by atoms with Gasteiger partial charge in [-0.05, 0) is 52.4 Å². The largest absolute Gasteiger partial charge is 0.504 e. The zero-order chi connectivity index (χ0) is 19.8. The van der Waals surface area contributed by atoms with Crippen LogP contribution >= 0.6 is 22.6 Å². The van der Waals surface area contributed by atoms with Crippen molar-refractivity contribution in [2.75, 3.05) is 20.8 Å². The number of para-hydroxylation sites is 1. The number of carbonyl (C=O) groups is 2. The highest BCUT2D eigenvalue weighted by molar-refractivity contribution is 14.1. The molecule has 2 aromatic rings. The van der Waals surface area contributed by atoms with E-state index in [9.17, 15) is 14.7 Å². The summed E-state index contributed by atoms with van der Waals surface area (Å²) in [5.41, 5.74) is 3.28. The number of benzene rings is 2. The normalized spacial score (nSPS) is 10.5. The number of aromatic hydroxyl groups is 1. The van der Waals surface area contributed by atoms with Gasteiger partial charge in [-0.3, -0.25) is 9.59 Å². The molecule has 2 amide bonds. The highest BCUT2D eigenvalue weighted by Gasteiger charge is 2.12. The van der Waals surface area contributed by atoms with E-state index in [1.807, 2.05) is 22.6 Å². The Bertz CT molecular complexity index is 870. The minimum absolute atomic E-state index is 0.0401. The van der Waals surface area contributed by atoms with Gasteiger partial charge in [0.1, 0.15) is 5.75 Å². The average molecular weight is 483 g/mol. The Balaban J connectivity index is 1.90. The second-order valence-electron chi connectivity index (χ2n) is 5.23. The summed E-state index contributed by atoms with van der Waals surface area (Å²) in [6, 6.07) is 9.97. The Kier molecular flexibility index (Phi) is 7.41. The fraction of sp³-hybridized carbons (Fsp3) is 0.167. The third-order valence-corrected chi connectivity index (χ3v) is 4.26. The topological polar surface area (TPSA) is 109 Å². The molecule has 0 radical (unpaired) electrons. The Morgan fingerprint density at radius 1 is 1.19 bits per heavy atom. The van der Waals surface area contributed by atoms with Crippen molar-refractivity contribution in [3.63, 3.8) is 0 Å². The zero-order valence-corrected chi connectivity index (χ0v) is 16.8. The third kappa shape index (κ3) is 5.58. The van der Waals surface area contributed by atoms with Crippen molar-refractivity contribution in [1.82, 2.24) is 10.7 Å². The SMILES string of the molecule is COc1ccccc1C(=O)NCC(=O)NN=Cc1cc(I)c(O)c(OC)c1. The van der Waals surface area contributed by atoms with Crippen molar-refractivity contribution in [3.05, 3.63) is 51.1 Å². The summed E-state index contributed by atoms with van der Waals surface area (Å²) in [4.78, 5) is 23.9. The molecule has 142 valence electrons. The fourth-order valence-corrected chi connectivity index (χ4v) is 2.76. The molecular weight excluding hydrogens is 465 g/mol. The van der Waals surface area contributed by atoms with Gasteiger partial charge in [0, 0.05) is 0 Å². The summed E-state index contributed by atoms with van der Waals surface area (Å²) in [7, 11) is 2.91. The van der Waals surface area contributed by atoms with Gasteiger partial charge in [0.15, 0.2) is 11.5 Å². The molecule has 27 heavy (non-hydrogen) atoms. The van der Waals surface area contributed by atoms with Crippen LogP contribution in [0.1, 0.15) is 15.9 Å². The average Bonchev–Trinajstić information content (AvgIpc) is 2.68. The van der Waals surface area contributed by atoms with Crippen LogP contribution in [0.3, 0.4) is 0 Å². The number of methoxy groups -OCH3 is 2. The van der Waals surface area contributed by atoms with E-state index in [4.69, 9.17) is 9.47 Å². The molecule has 2 rings (SSSR count). The maximum Gasteiger partial charge on any atom is 0.259 e. The van der Waals surface area contributed by atoms with Crippen LogP contribution in [0.25, 0.3) is 0 Å². The lowest BCUT2D eigenvalue weighted by Crippen LogP contribution is -2.35. The highest BCUT2D eigenvalue weighted by atomic mass is 127. The van der Waals surface area contributed by atoms with E-state index in [2.05, 4.69) is 15.8 Å². The van der Waals surface area contributed by atoms with Crippen LogP contribution in [0.2, 0.25) is 0 Å². The van der Waals surface area contributed by atoms with E-state index in [1.54, 1.807) is 36.4 Å². The second-order valence-corrected chi connectivity index (χ2v) is 6.39. The number of phenolic OH excluding ortho intramolecular Hbond substituents is 1. The van der Waals surface area contributed by atoms with Crippen molar-refractivity contribution < 1.29 is 24.2 Å². The van der Waals surface area contributed by atoms with Crippen molar-refractivity contribution in [2.24, 2.45) is 5.10 Å². The maximum atomic E-state index is 12.1. The molecule has 0 aromatic heterocycles. The number of carbonyl (C=O) groups excluding carboxylic acids is 2. The van der Waals surface area contributed by atoms with Crippen LogP contribution in [0, 0.1) is 3.57 Å². The van der Waals surface area contributed by atoms with Crippen LogP contribution in [0.5, 0.6) is 17.2 Å². The predicted molar refractivity (Wildman–Crippen MR) is 108 cm³/mol. The molecule has 3 N–H and O–H groups in total. The van der Waals surface area contributed by atoms with Crippen LogP contribution < -0.4 is 20.2 Å². The molecule has 0 heterocycles. The first-order chi connectivity index (χ1) is 13.0. The number of amides is 2. The monoisotopic (exact) mass is 483 g/mol. The molecular formula is C18H18IN3O5. The smallest absolute Gasteiger partial charge is 0.259 e. The van der Waals surface area contributed by atoms with Gasteiger partial charge in [-0.2, -0.15) is 5.10 Å². The summed E-state index contributed by atoms with van der Waals surface area (Å²) >= 11 is 1.96. The molecule has 8 nitrogen and oxygen atoms in total. The van der Waals surface area contributed by atoms with Gasteiger partial charge in [-0.15, -0.1) is 0 Å². The Labute approximate surface area is 169 Å². The number of hydrogen-bond donors (Lipinski definition) is 3. The molecule has 0 unspecified atom stereocenters. The molecule has 0 bridgehead atoms. The molecule has 0 fully saturated rings. The molecule has 0 spiro atoms. The number of rotatable bonds is 7. The van der Waals surface area contributed by atoms with Crippen LogP contribution in [0.15, 0.2) is 41.5 Å². The quantitative estimate of drug-likeness (QED) is 0.317. The molecule has 0 saturated heterocycles. The van der Waals surface area contributed by atoms with E-state index in [-0.39, 0.29) is 12.3 Å². The zero-order valence-electron chi connectivity index (χ0n) is 14.7. The van der Waals surface area contributed by atoms with Gasteiger partial charge in [0.25, 0.3) is 11.8 Å². The number of phenols is 1. The number of ether oxygens (including phenoxy) is 2. The Hall–Kier alpha value is -2.82. The lowest BCUT2D eigenvalue weighted by molar-refractivity contribution is -0.120. The van der Waals surface area contributed by atoms with E-state index in [1.165, 1.54) is 20.4 Å². The lowest BCUT2D eigenvalue weighted by atomic mass is 10.2.